The van der Waals surface area contributed by atoms with Gasteiger partial charge in [-0.25, -0.2) is 0 Å². The molecular formula is C11H12ClN5O2. The van der Waals surface area contributed by atoms with Crippen LogP contribution in [0.4, 0.5) is 11.4 Å². The molecular weight excluding hydrogens is 270 g/mol. The molecule has 0 bridgehead atoms. The quantitative estimate of drug-likeness (QED) is 0.499. The Kier molecular flexibility index (Phi) is 4.30. The largest absolute Gasteiger partial charge is 0.379 e. The minimum Gasteiger partial charge on any atom is -0.379 e. The summed E-state index contributed by atoms with van der Waals surface area (Å²) < 4.78 is 1.71. The fraction of sp³-hybridized carbons (Fsp3) is 0.273. The third-order valence-corrected chi connectivity index (χ3v) is 2.74. The number of nitrogens with one attached hydrogen (secondary N) is 1. The average Bonchev–Trinajstić information content (AvgIpc) is 2.89. The number of aromatic nitrogens is 3. The zero-order valence-corrected chi connectivity index (χ0v) is 10.7. The van der Waals surface area contributed by atoms with E-state index in [0.29, 0.717) is 23.8 Å². The van der Waals surface area contributed by atoms with Gasteiger partial charge in [-0.3, -0.25) is 14.8 Å². The fourth-order valence-corrected chi connectivity index (χ4v) is 1.79. The van der Waals surface area contributed by atoms with E-state index >= 15 is 0 Å². The predicted octanol–water partition coefficient (Wildman–Crippen LogP) is 2.34. The molecule has 0 spiro atoms. The first-order valence-electron chi connectivity index (χ1n) is 5.69. The summed E-state index contributed by atoms with van der Waals surface area (Å²) >= 11 is 5.74. The minimum atomic E-state index is -0.453. The summed E-state index contributed by atoms with van der Waals surface area (Å²) in [6.07, 6.45) is 4.16. The second kappa shape index (κ2) is 6.14. The van der Waals surface area contributed by atoms with Gasteiger partial charge in [0, 0.05) is 30.4 Å². The van der Waals surface area contributed by atoms with Crippen molar-refractivity contribution in [3.05, 3.63) is 45.7 Å². The third kappa shape index (κ3) is 3.65. The van der Waals surface area contributed by atoms with Crippen LogP contribution in [0.2, 0.25) is 5.02 Å². The van der Waals surface area contributed by atoms with Crippen LogP contribution in [-0.2, 0) is 6.54 Å². The van der Waals surface area contributed by atoms with Gasteiger partial charge in [0.15, 0.2) is 0 Å². The van der Waals surface area contributed by atoms with E-state index < -0.39 is 4.92 Å². The maximum atomic E-state index is 10.9. The van der Waals surface area contributed by atoms with Crippen molar-refractivity contribution in [1.82, 2.24) is 15.0 Å². The zero-order chi connectivity index (χ0) is 13.7. The van der Waals surface area contributed by atoms with E-state index in [1.165, 1.54) is 6.07 Å². The van der Waals surface area contributed by atoms with Crippen LogP contribution in [0.1, 0.15) is 6.42 Å². The van der Waals surface area contributed by atoms with Gasteiger partial charge in [-0.2, -0.15) is 0 Å². The molecule has 100 valence electrons. The van der Waals surface area contributed by atoms with Crippen molar-refractivity contribution in [2.24, 2.45) is 0 Å². The molecule has 0 unspecified atom stereocenters. The van der Waals surface area contributed by atoms with Gasteiger partial charge in [0.05, 0.1) is 11.1 Å². The standard InChI is InChI=1S/C11H12ClN5O2/c12-9-2-3-10(11(8-9)17(18)19)13-4-1-6-16-7-5-14-15-16/h2-3,5,7-8,13H,1,4,6H2. The van der Waals surface area contributed by atoms with Crippen molar-refractivity contribution >= 4 is 23.0 Å². The lowest BCUT2D eigenvalue weighted by Crippen LogP contribution is -2.08. The summed E-state index contributed by atoms with van der Waals surface area (Å²) in [6.45, 7) is 1.30. The molecule has 2 aromatic rings. The van der Waals surface area contributed by atoms with Crippen molar-refractivity contribution in [2.75, 3.05) is 11.9 Å². The van der Waals surface area contributed by atoms with Gasteiger partial charge >= 0.3 is 0 Å². The second-order valence-corrected chi connectivity index (χ2v) is 4.30. The van der Waals surface area contributed by atoms with Crippen LogP contribution >= 0.6 is 11.6 Å². The normalized spacial score (nSPS) is 10.4. The molecule has 0 amide bonds. The van der Waals surface area contributed by atoms with Gasteiger partial charge in [-0.1, -0.05) is 16.8 Å². The van der Waals surface area contributed by atoms with Crippen LogP contribution in [0.25, 0.3) is 0 Å². The maximum Gasteiger partial charge on any atom is 0.293 e. The number of hydrogen-bond donors (Lipinski definition) is 1. The minimum absolute atomic E-state index is 0.0201. The molecule has 0 saturated heterocycles. The van der Waals surface area contributed by atoms with Crippen LogP contribution in [0.5, 0.6) is 0 Å². The highest BCUT2D eigenvalue weighted by molar-refractivity contribution is 6.30. The van der Waals surface area contributed by atoms with Crippen molar-refractivity contribution in [3.8, 4) is 0 Å². The number of benzene rings is 1. The molecule has 2 rings (SSSR count). The van der Waals surface area contributed by atoms with E-state index in [1.54, 1.807) is 29.2 Å². The maximum absolute atomic E-state index is 10.9. The van der Waals surface area contributed by atoms with E-state index in [2.05, 4.69) is 15.6 Å². The Hall–Kier alpha value is -2.15. The number of nitrogens with zero attached hydrogens (tertiary/aromatic N) is 4. The first-order chi connectivity index (χ1) is 9.16. The number of halogens is 1. The molecule has 1 aromatic carbocycles. The van der Waals surface area contributed by atoms with E-state index in [0.717, 1.165) is 6.42 Å². The smallest absolute Gasteiger partial charge is 0.293 e. The van der Waals surface area contributed by atoms with Crippen LogP contribution in [-0.4, -0.2) is 26.5 Å². The lowest BCUT2D eigenvalue weighted by atomic mass is 10.2. The molecule has 8 heteroatoms. The molecule has 0 saturated carbocycles. The van der Waals surface area contributed by atoms with Gasteiger partial charge in [0.1, 0.15) is 5.69 Å². The molecule has 0 atom stereocenters. The molecule has 1 N–H and O–H groups in total. The molecule has 0 aliphatic carbocycles. The number of aryl methyl sites for hydroxylation is 1. The number of rotatable bonds is 6. The Morgan fingerprint density at radius 1 is 1.47 bits per heavy atom. The first kappa shape index (κ1) is 13.3. The van der Waals surface area contributed by atoms with Crippen LogP contribution in [0, 0.1) is 10.1 Å². The van der Waals surface area contributed by atoms with E-state index in [-0.39, 0.29) is 5.69 Å². The third-order valence-electron chi connectivity index (χ3n) is 2.51. The monoisotopic (exact) mass is 281 g/mol. The van der Waals surface area contributed by atoms with Crippen LogP contribution in [0.3, 0.4) is 0 Å². The number of hydrogen-bond acceptors (Lipinski definition) is 5. The fourth-order valence-electron chi connectivity index (χ4n) is 1.62. The first-order valence-corrected chi connectivity index (χ1v) is 6.06. The van der Waals surface area contributed by atoms with Crippen molar-refractivity contribution in [1.29, 1.82) is 0 Å². The predicted molar refractivity (Wildman–Crippen MR) is 71.2 cm³/mol. The lowest BCUT2D eigenvalue weighted by Gasteiger charge is -2.07. The molecule has 1 heterocycles. The van der Waals surface area contributed by atoms with Gasteiger partial charge in [0.25, 0.3) is 5.69 Å². The van der Waals surface area contributed by atoms with Gasteiger partial charge in [-0.05, 0) is 18.6 Å². The van der Waals surface area contributed by atoms with Crippen molar-refractivity contribution < 1.29 is 4.92 Å². The number of nitro benzene ring substituents is 1. The zero-order valence-electron chi connectivity index (χ0n) is 9.99. The number of nitro groups is 1. The summed E-state index contributed by atoms with van der Waals surface area (Å²) in [6, 6.07) is 4.56. The van der Waals surface area contributed by atoms with Gasteiger partial charge < -0.3 is 5.32 Å². The summed E-state index contributed by atoms with van der Waals surface area (Å²) in [5, 5.41) is 21.8. The average molecular weight is 282 g/mol. The topological polar surface area (TPSA) is 85.9 Å². The van der Waals surface area contributed by atoms with Crippen molar-refractivity contribution in [2.45, 2.75) is 13.0 Å². The summed E-state index contributed by atoms with van der Waals surface area (Å²) in [5.74, 6) is 0. The van der Waals surface area contributed by atoms with Gasteiger partial charge in [0.2, 0.25) is 0 Å². The Labute approximate surface area is 114 Å². The van der Waals surface area contributed by atoms with Crippen molar-refractivity contribution in [3.63, 3.8) is 0 Å². The molecule has 0 aliphatic heterocycles. The van der Waals surface area contributed by atoms with Gasteiger partial charge in [-0.15, -0.1) is 5.10 Å². The second-order valence-electron chi connectivity index (χ2n) is 3.87. The summed E-state index contributed by atoms with van der Waals surface area (Å²) in [4.78, 5) is 10.4. The van der Waals surface area contributed by atoms with Crippen LogP contribution < -0.4 is 5.32 Å². The lowest BCUT2D eigenvalue weighted by molar-refractivity contribution is -0.383. The molecule has 1 aromatic heterocycles. The van der Waals surface area contributed by atoms with E-state index in [1.807, 2.05) is 0 Å². The highest BCUT2D eigenvalue weighted by Gasteiger charge is 2.13. The molecule has 0 radical (unpaired) electrons. The Bertz CT molecular complexity index is 558. The van der Waals surface area contributed by atoms with E-state index in [4.69, 9.17) is 11.6 Å². The molecule has 19 heavy (non-hydrogen) atoms. The Balaban J connectivity index is 1.90. The van der Waals surface area contributed by atoms with E-state index in [9.17, 15) is 10.1 Å². The Morgan fingerprint density at radius 3 is 3.00 bits per heavy atom. The Morgan fingerprint density at radius 2 is 2.32 bits per heavy atom. The summed E-state index contributed by atoms with van der Waals surface area (Å²) in [5.41, 5.74) is 0.446. The number of anilines is 1. The molecule has 0 fully saturated rings. The highest BCUT2D eigenvalue weighted by Crippen LogP contribution is 2.27. The summed E-state index contributed by atoms with van der Waals surface area (Å²) in [7, 11) is 0. The molecule has 7 nitrogen and oxygen atoms in total. The highest BCUT2D eigenvalue weighted by atomic mass is 35.5. The van der Waals surface area contributed by atoms with Crippen LogP contribution in [0.15, 0.2) is 30.6 Å². The molecule has 0 aliphatic rings. The SMILES string of the molecule is O=[N+]([O-])c1cc(Cl)ccc1NCCCn1ccnn1.